The summed E-state index contributed by atoms with van der Waals surface area (Å²) in [7, 11) is -3.47. The topological polar surface area (TPSA) is 103 Å². The van der Waals surface area contributed by atoms with Crippen LogP contribution in [0.25, 0.3) is 0 Å². The van der Waals surface area contributed by atoms with Crippen LogP contribution in [0.4, 0.5) is 18.9 Å². The molecule has 0 amide bonds. The number of hydrogen-bond acceptors (Lipinski definition) is 4. The maximum atomic E-state index is 12.8. The Morgan fingerprint density at radius 2 is 1.83 bits per heavy atom. The van der Waals surface area contributed by atoms with Gasteiger partial charge in [0.1, 0.15) is 4.90 Å². The minimum absolute atomic E-state index is 0.00400. The zero-order chi connectivity index (χ0) is 17.4. The standard InChI is InChI=1S/C12H10F3N3O4S/c1-18(8-4-2-7(3-5-8)11(19)20)23(21,22)9-6-16-17-10(9)12(13,14)15/h2-6H,1H3,(H,16,17)(H,19,20). The second-order valence-corrected chi connectivity index (χ2v) is 6.37. The van der Waals surface area contributed by atoms with E-state index in [4.69, 9.17) is 5.11 Å². The van der Waals surface area contributed by atoms with Crippen LogP contribution in [-0.2, 0) is 16.2 Å². The Morgan fingerprint density at radius 3 is 2.30 bits per heavy atom. The highest BCUT2D eigenvalue weighted by molar-refractivity contribution is 7.92. The molecule has 0 aliphatic heterocycles. The Hall–Kier alpha value is -2.56. The van der Waals surface area contributed by atoms with Crippen LogP contribution in [0.15, 0.2) is 35.4 Å². The molecule has 0 radical (unpaired) electrons. The number of carbonyl (C=O) groups is 1. The number of aromatic amines is 1. The molecule has 0 atom stereocenters. The summed E-state index contributed by atoms with van der Waals surface area (Å²) in [5.74, 6) is -1.21. The highest BCUT2D eigenvalue weighted by Gasteiger charge is 2.40. The van der Waals surface area contributed by atoms with E-state index in [-0.39, 0.29) is 11.3 Å². The number of aromatic nitrogens is 2. The molecule has 2 N–H and O–H groups in total. The Kier molecular flexibility index (Phi) is 4.07. The van der Waals surface area contributed by atoms with Crippen LogP contribution in [0.5, 0.6) is 0 Å². The summed E-state index contributed by atoms with van der Waals surface area (Å²) in [5.41, 5.74) is -1.56. The zero-order valence-corrected chi connectivity index (χ0v) is 12.3. The minimum atomic E-state index is -4.91. The van der Waals surface area contributed by atoms with E-state index in [0.29, 0.717) is 10.5 Å². The molecule has 11 heteroatoms. The molecule has 2 rings (SSSR count). The highest BCUT2D eigenvalue weighted by Crippen LogP contribution is 2.34. The van der Waals surface area contributed by atoms with Crippen LogP contribution in [0.2, 0.25) is 0 Å². The lowest BCUT2D eigenvalue weighted by molar-refractivity contribution is -0.143. The first-order valence-corrected chi connectivity index (χ1v) is 7.42. The minimum Gasteiger partial charge on any atom is -0.478 e. The SMILES string of the molecule is CN(c1ccc(C(=O)O)cc1)S(=O)(=O)c1cn[nH]c1C(F)(F)F. The van der Waals surface area contributed by atoms with E-state index in [2.05, 4.69) is 5.10 Å². The van der Waals surface area contributed by atoms with Gasteiger partial charge in [-0.15, -0.1) is 0 Å². The fourth-order valence-electron chi connectivity index (χ4n) is 1.77. The summed E-state index contributed by atoms with van der Waals surface area (Å²) >= 11 is 0. The predicted octanol–water partition coefficient (Wildman–Crippen LogP) is 1.95. The van der Waals surface area contributed by atoms with E-state index in [1.807, 2.05) is 0 Å². The molecule has 0 fully saturated rings. The molecule has 124 valence electrons. The fraction of sp³-hybridized carbons (Fsp3) is 0.167. The molecule has 0 bridgehead atoms. The number of sulfonamides is 1. The number of H-pyrrole nitrogens is 1. The third-order valence-corrected chi connectivity index (χ3v) is 4.80. The lowest BCUT2D eigenvalue weighted by Crippen LogP contribution is -2.28. The molecule has 7 nitrogen and oxygen atoms in total. The quantitative estimate of drug-likeness (QED) is 0.878. The van der Waals surface area contributed by atoms with Gasteiger partial charge in [-0.2, -0.15) is 18.3 Å². The van der Waals surface area contributed by atoms with E-state index in [0.717, 1.165) is 19.2 Å². The first-order chi connectivity index (χ1) is 10.5. The number of hydrogen-bond donors (Lipinski definition) is 2. The van der Waals surface area contributed by atoms with Gasteiger partial charge in [0.2, 0.25) is 0 Å². The number of nitrogens with one attached hydrogen (secondary N) is 1. The van der Waals surface area contributed by atoms with E-state index >= 15 is 0 Å². The number of carboxylic acids is 1. The molecule has 1 aromatic heterocycles. The van der Waals surface area contributed by atoms with Crippen molar-refractivity contribution < 1.29 is 31.5 Å². The Labute approximate surface area is 128 Å². The van der Waals surface area contributed by atoms with Gasteiger partial charge in [-0.25, -0.2) is 13.2 Å². The molecular formula is C12H10F3N3O4S. The zero-order valence-electron chi connectivity index (χ0n) is 11.5. The number of carboxylic acid groups (broad SMARTS) is 1. The van der Waals surface area contributed by atoms with Gasteiger partial charge in [0.05, 0.1) is 17.4 Å². The van der Waals surface area contributed by atoms with Gasteiger partial charge in [0.15, 0.2) is 5.69 Å². The van der Waals surface area contributed by atoms with Crippen LogP contribution in [-0.4, -0.2) is 36.7 Å². The maximum Gasteiger partial charge on any atom is 0.434 e. The Balaban J connectivity index is 2.44. The van der Waals surface area contributed by atoms with Crippen LogP contribution in [0.3, 0.4) is 0 Å². The second-order valence-electron chi connectivity index (χ2n) is 4.43. The van der Waals surface area contributed by atoms with Crippen molar-refractivity contribution in [2.24, 2.45) is 0 Å². The predicted molar refractivity (Wildman–Crippen MR) is 72.6 cm³/mol. The average molecular weight is 349 g/mol. The summed E-state index contributed by atoms with van der Waals surface area (Å²) in [4.78, 5) is 9.73. The molecule has 0 saturated carbocycles. The molecule has 2 aromatic rings. The summed E-state index contributed by atoms with van der Waals surface area (Å²) in [6.07, 6.45) is -4.34. The number of nitrogens with zero attached hydrogens (tertiary/aromatic N) is 2. The van der Waals surface area contributed by atoms with E-state index in [9.17, 15) is 26.4 Å². The maximum absolute atomic E-state index is 12.8. The van der Waals surface area contributed by atoms with Gasteiger partial charge in [-0.1, -0.05) is 0 Å². The molecule has 0 aliphatic rings. The molecule has 1 aromatic carbocycles. The van der Waals surface area contributed by atoms with Crippen molar-refractivity contribution in [3.8, 4) is 0 Å². The summed E-state index contributed by atoms with van der Waals surface area (Å²) in [5, 5.41) is 13.5. The van der Waals surface area contributed by atoms with E-state index in [1.54, 1.807) is 5.10 Å². The molecule has 0 aliphatic carbocycles. The van der Waals surface area contributed by atoms with Gasteiger partial charge < -0.3 is 5.11 Å². The van der Waals surface area contributed by atoms with Crippen molar-refractivity contribution in [3.05, 3.63) is 41.7 Å². The third-order valence-electron chi connectivity index (χ3n) is 3.00. The number of rotatable bonds is 4. The molecule has 23 heavy (non-hydrogen) atoms. The monoisotopic (exact) mass is 349 g/mol. The lowest BCUT2D eigenvalue weighted by Gasteiger charge is -2.19. The highest BCUT2D eigenvalue weighted by atomic mass is 32.2. The van der Waals surface area contributed by atoms with Crippen molar-refractivity contribution in [2.45, 2.75) is 11.1 Å². The molecule has 0 unspecified atom stereocenters. The van der Waals surface area contributed by atoms with Crippen LogP contribution in [0.1, 0.15) is 16.1 Å². The Morgan fingerprint density at radius 1 is 1.26 bits per heavy atom. The van der Waals surface area contributed by atoms with Crippen LogP contribution >= 0.6 is 0 Å². The van der Waals surface area contributed by atoms with Gasteiger partial charge >= 0.3 is 12.1 Å². The van der Waals surface area contributed by atoms with Crippen molar-refractivity contribution in [1.29, 1.82) is 0 Å². The number of anilines is 1. The number of alkyl halides is 3. The van der Waals surface area contributed by atoms with Crippen molar-refractivity contribution in [2.75, 3.05) is 11.4 Å². The van der Waals surface area contributed by atoms with Crippen LogP contribution < -0.4 is 4.31 Å². The average Bonchev–Trinajstić information content (AvgIpc) is 2.97. The normalized spacial score (nSPS) is 12.2. The smallest absolute Gasteiger partial charge is 0.434 e. The molecule has 1 heterocycles. The first-order valence-electron chi connectivity index (χ1n) is 5.98. The summed E-state index contributed by atoms with van der Waals surface area (Å²) in [6.45, 7) is 0. The van der Waals surface area contributed by atoms with Gasteiger partial charge in [-0.3, -0.25) is 9.40 Å². The lowest BCUT2D eigenvalue weighted by atomic mass is 10.2. The number of benzene rings is 1. The van der Waals surface area contributed by atoms with Gasteiger partial charge in [0.25, 0.3) is 10.0 Å². The summed E-state index contributed by atoms with van der Waals surface area (Å²) in [6, 6.07) is 4.64. The van der Waals surface area contributed by atoms with Crippen molar-refractivity contribution >= 4 is 21.7 Å². The van der Waals surface area contributed by atoms with E-state index < -0.39 is 32.8 Å². The molecular weight excluding hydrogens is 339 g/mol. The number of aromatic carboxylic acids is 1. The molecule has 0 saturated heterocycles. The van der Waals surface area contributed by atoms with E-state index in [1.165, 1.54) is 12.1 Å². The van der Waals surface area contributed by atoms with Crippen molar-refractivity contribution in [1.82, 2.24) is 10.2 Å². The van der Waals surface area contributed by atoms with Crippen molar-refractivity contribution in [3.63, 3.8) is 0 Å². The third kappa shape index (κ3) is 3.13. The second kappa shape index (κ2) is 5.57. The number of halogens is 3. The van der Waals surface area contributed by atoms with Crippen LogP contribution in [0, 0.1) is 0 Å². The summed E-state index contributed by atoms with van der Waals surface area (Å²) < 4.78 is 63.7. The fourth-order valence-corrected chi connectivity index (χ4v) is 3.07. The Bertz CT molecular complexity index is 828. The van der Waals surface area contributed by atoms with Gasteiger partial charge in [-0.05, 0) is 24.3 Å². The molecule has 0 spiro atoms. The van der Waals surface area contributed by atoms with Gasteiger partial charge in [0, 0.05) is 7.05 Å². The largest absolute Gasteiger partial charge is 0.478 e. The first kappa shape index (κ1) is 16.8.